The molecule has 6 nitrogen and oxygen atoms in total. The molecule has 1 rings (SSSR count). The van der Waals surface area contributed by atoms with Crippen molar-refractivity contribution in [3.05, 3.63) is 21.9 Å². The summed E-state index contributed by atoms with van der Waals surface area (Å²) in [6, 6.07) is 3.25. The maximum absolute atomic E-state index is 12.0. The monoisotopic (exact) mass is 326 g/mol. The molecule has 0 aliphatic carbocycles. The summed E-state index contributed by atoms with van der Waals surface area (Å²) in [5, 5.41) is 2.60. The number of hydrogen-bond acceptors (Lipinski definition) is 6. The summed E-state index contributed by atoms with van der Waals surface area (Å²) in [4.78, 5) is 35.8. The van der Waals surface area contributed by atoms with E-state index in [2.05, 4.69) is 5.32 Å². The van der Waals surface area contributed by atoms with Crippen molar-refractivity contribution in [1.82, 2.24) is 5.32 Å². The molecule has 0 saturated heterocycles. The quantitative estimate of drug-likeness (QED) is 0.592. The first-order chi connectivity index (χ1) is 10.2. The van der Waals surface area contributed by atoms with Crippen LogP contribution in [0, 0.1) is 0 Å². The summed E-state index contributed by atoms with van der Waals surface area (Å²) >= 11 is 1.15. The standard InChI is InChI=1S/C15H22N2O4S/c1-15(2,3)21-14(20)17-8-4-5-10(18)12-6-7-13(22-12)11(19)9-16/h6-7H,4-5,8-9,16H2,1-3H3,(H,17,20). The maximum Gasteiger partial charge on any atom is 0.407 e. The van der Waals surface area contributed by atoms with E-state index in [0.29, 0.717) is 29.1 Å². The Hall–Kier alpha value is -1.73. The highest BCUT2D eigenvalue weighted by Crippen LogP contribution is 2.19. The second-order valence-corrected chi connectivity index (χ2v) is 6.83. The fourth-order valence-corrected chi connectivity index (χ4v) is 2.54. The van der Waals surface area contributed by atoms with E-state index >= 15 is 0 Å². The Bertz CT molecular complexity index is 546. The number of Topliss-reactive ketones (excluding diaryl/α,β-unsaturated/α-hetero) is 2. The molecule has 0 radical (unpaired) electrons. The minimum atomic E-state index is -0.539. The van der Waals surface area contributed by atoms with E-state index in [-0.39, 0.29) is 18.1 Å². The van der Waals surface area contributed by atoms with E-state index in [4.69, 9.17) is 10.5 Å². The van der Waals surface area contributed by atoms with Gasteiger partial charge in [0, 0.05) is 13.0 Å². The summed E-state index contributed by atoms with van der Waals surface area (Å²) in [6.45, 7) is 5.65. The van der Waals surface area contributed by atoms with Crippen molar-refractivity contribution in [3.8, 4) is 0 Å². The van der Waals surface area contributed by atoms with E-state index in [1.54, 1.807) is 32.9 Å². The molecule has 0 fully saturated rings. The van der Waals surface area contributed by atoms with Crippen LogP contribution >= 0.6 is 11.3 Å². The first-order valence-electron chi connectivity index (χ1n) is 7.06. The lowest BCUT2D eigenvalue weighted by Crippen LogP contribution is -2.33. The molecule has 3 N–H and O–H groups in total. The van der Waals surface area contributed by atoms with Crippen LogP contribution in [0.15, 0.2) is 12.1 Å². The summed E-state index contributed by atoms with van der Waals surface area (Å²) in [6.07, 6.45) is 0.315. The average Bonchev–Trinajstić information content (AvgIpc) is 2.90. The third kappa shape index (κ3) is 6.36. The van der Waals surface area contributed by atoms with Crippen molar-refractivity contribution in [2.24, 2.45) is 5.73 Å². The molecule has 122 valence electrons. The number of thiophene rings is 1. The molecule has 0 saturated carbocycles. The van der Waals surface area contributed by atoms with Crippen molar-refractivity contribution in [3.63, 3.8) is 0 Å². The molecule has 0 aromatic carbocycles. The molecule has 1 aromatic heterocycles. The minimum Gasteiger partial charge on any atom is -0.444 e. The van der Waals surface area contributed by atoms with Crippen molar-refractivity contribution in [1.29, 1.82) is 0 Å². The summed E-state index contributed by atoms with van der Waals surface area (Å²) in [5.74, 6) is -0.220. The average molecular weight is 326 g/mol. The molecular weight excluding hydrogens is 304 g/mol. The Balaban J connectivity index is 2.33. The van der Waals surface area contributed by atoms with E-state index in [9.17, 15) is 14.4 Å². The largest absolute Gasteiger partial charge is 0.444 e. The highest BCUT2D eigenvalue weighted by molar-refractivity contribution is 7.16. The number of ether oxygens (including phenoxy) is 1. The second kappa shape index (κ2) is 8.05. The Morgan fingerprint density at radius 1 is 1.18 bits per heavy atom. The number of hydrogen-bond donors (Lipinski definition) is 2. The predicted molar refractivity (Wildman–Crippen MR) is 85.5 cm³/mol. The van der Waals surface area contributed by atoms with E-state index < -0.39 is 11.7 Å². The van der Waals surface area contributed by atoms with Crippen LogP contribution in [0.25, 0.3) is 0 Å². The lowest BCUT2D eigenvalue weighted by atomic mass is 10.2. The third-order valence-corrected chi connectivity index (χ3v) is 3.76. The molecule has 0 unspecified atom stereocenters. The van der Waals surface area contributed by atoms with Gasteiger partial charge in [0.05, 0.1) is 16.3 Å². The molecule has 7 heteroatoms. The lowest BCUT2D eigenvalue weighted by Gasteiger charge is -2.19. The van der Waals surface area contributed by atoms with Gasteiger partial charge < -0.3 is 15.8 Å². The molecule has 0 bridgehead atoms. The number of nitrogens with one attached hydrogen (secondary N) is 1. The van der Waals surface area contributed by atoms with Crippen molar-refractivity contribution >= 4 is 29.0 Å². The zero-order valence-electron chi connectivity index (χ0n) is 13.1. The Labute approximate surface area is 134 Å². The number of rotatable bonds is 7. The van der Waals surface area contributed by atoms with Crippen molar-refractivity contribution in [2.45, 2.75) is 39.2 Å². The van der Waals surface area contributed by atoms with Crippen LogP contribution in [-0.2, 0) is 4.74 Å². The van der Waals surface area contributed by atoms with Crippen LogP contribution < -0.4 is 11.1 Å². The van der Waals surface area contributed by atoms with Crippen LogP contribution in [-0.4, -0.2) is 36.4 Å². The number of ketones is 2. The van der Waals surface area contributed by atoms with Gasteiger partial charge in [0.1, 0.15) is 5.60 Å². The number of carbonyl (C=O) groups is 3. The van der Waals surface area contributed by atoms with Gasteiger partial charge in [-0.25, -0.2) is 4.79 Å². The number of nitrogens with two attached hydrogens (primary N) is 1. The highest BCUT2D eigenvalue weighted by atomic mass is 32.1. The first-order valence-corrected chi connectivity index (χ1v) is 7.87. The number of carbonyl (C=O) groups excluding carboxylic acids is 3. The smallest absolute Gasteiger partial charge is 0.407 e. The van der Waals surface area contributed by atoms with Gasteiger partial charge >= 0.3 is 6.09 Å². The van der Waals surface area contributed by atoms with Crippen LogP contribution in [0.5, 0.6) is 0 Å². The zero-order valence-corrected chi connectivity index (χ0v) is 13.9. The second-order valence-electron chi connectivity index (χ2n) is 5.75. The fraction of sp³-hybridized carbons (Fsp3) is 0.533. The van der Waals surface area contributed by atoms with Gasteiger partial charge in [-0.1, -0.05) is 0 Å². The van der Waals surface area contributed by atoms with Gasteiger partial charge in [0.25, 0.3) is 0 Å². The zero-order chi connectivity index (χ0) is 16.8. The molecular formula is C15H22N2O4S. The lowest BCUT2D eigenvalue weighted by molar-refractivity contribution is 0.0525. The van der Waals surface area contributed by atoms with E-state index in [1.165, 1.54) is 0 Å². The molecule has 0 atom stereocenters. The Morgan fingerprint density at radius 3 is 2.32 bits per heavy atom. The van der Waals surface area contributed by atoms with Gasteiger partial charge in [0.2, 0.25) is 0 Å². The third-order valence-electron chi connectivity index (χ3n) is 2.59. The SMILES string of the molecule is CC(C)(C)OC(=O)NCCCC(=O)c1ccc(C(=O)CN)s1. The molecule has 0 aliphatic rings. The van der Waals surface area contributed by atoms with Crippen LogP contribution in [0.1, 0.15) is 53.0 Å². The van der Waals surface area contributed by atoms with Gasteiger partial charge in [-0.2, -0.15) is 0 Å². The Morgan fingerprint density at radius 2 is 1.77 bits per heavy atom. The number of alkyl carbamates (subject to hydrolysis) is 1. The minimum absolute atomic E-state index is 0.0490. The van der Waals surface area contributed by atoms with Gasteiger partial charge in [-0.15, -0.1) is 11.3 Å². The van der Waals surface area contributed by atoms with Crippen LogP contribution in [0.3, 0.4) is 0 Å². The molecule has 0 aliphatic heterocycles. The van der Waals surface area contributed by atoms with E-state index in [1.807, 2.05) is 0 Å². The Kier molecular flexibility index (Phi) is 6.70. The summed E-state index contributed by atoms with van der Waals surface area (Å²) < 4.78 is 5.09. The van der Waals surface area contributed by atoms with Crippen molar-refractivity contribution in [2.75, 3.05) is 13.1 Å². The van der Waals surface area contributed by atoms with Gasteiger partial charge in [-0.05, 0) is 39.3 Å². The fourth-order valence-electron chi connectivity index (χ4n) is 1.61. The molecule has 1 heterocycles. The summed E-state index contributed by atoms with van der Waals surface area (Å²) in [5.41, 5.74) is 4.74. The highest BCUT2D eigenvalue weighted by Gasteiger charge is 2.16. The van der Waals surface area contributed by atoms with Gasteiger partial charge in [-0.3, -0.25) is 9.59 Å². The van der Waals surface area contributed by atoms with Gasteiger partial charge in [0.15, 0.2) is 11.6 Å². The normalized spacial score (nSPS) is 11.1. The van der Waals surface area contributed by atoms with E-state index in [0.717, 1.165) is 11.3 Å². The van der Waals surface area contributed by atoms with Crippen LogP contribution in [0.2, 0.25) is 0 Å². The topological polar surface area (TPSA) is 98.5 Å². The van der Waals surface area contributed by atoms with Crippen molar-refractivity contribution < 1.29 is 19.1 Å². The molecule has 0 spiro atoms. The van der Waals surface area contributed by atoms with Crippen LogP contribution in [0.4, 0.5) is 4.79 Å². The predicted octanol–water partition coefficient (Wildman–Crippen LogP) is 2.38. The summed E-state index contributed by atoms with van der Waals surface area (Å²) in [7, 11) is 0. The molecule has 1 aromatic rings. The first kappa shape index (κ1) is 18.3. The number of amides is 1. The molecule has 22 heavy (non-hydrogen) atoms. The molecule has 1 amide bonds. The maximum atomic E-state index is 12.0.